The van der Waals surface area contributed by atoms with Crippen LogP contribution in [0.2, 0.25) is 0 Å². The van der Waals surface area contributed by atoms with E-state index in [1.165, 1.54) is 27.7 Å². The van der Waals surface area contributed by atoms with Crippen LogP contribution in [0.1, 0.15) is 92.1 Å². The number of ketones is 2. The van der Waals surface area contributed by atoms with Crippen molar-refractivity contribution in [1.29, 1.82) is 0 Å². The standard InChI is InChI=1S/C31H44O7/c1-6-31(15-18-32,16-19-37-21-23-7-11-25(12-8-23)27(33)29(2,3)35)17-20-38-22-24-9-13-26(14-10-24)28(34)30(4,5)36/h7-14,32,35-36H,6,15-22H2,1-5H3. The van der Waals surface area contributed by atoms with Gasteiger partial charge in [0.2, 0.25) is 0 Å². The summed E-state index contributed by atoms with van der Waals surface area (Å²) in [6.45, 7) is 10.0. The summed E-state index contributed by atoms with van der Waals surface area (Å²) in [7, 11) is 0. The van der Waals surface area contributed by atoms with Crippen LogP contribution in [0.4, 0.5) is 0 Å². The first-order chi connectivity index (χ1) is 17.8. The van der Waals surface area contributed by atoms with E-state index >= 15 is 0 Å². The van der Waals surface area contributed by atoms with Gasteiger partial charge in [-0.3, -0.25) is 9.59 Å². The second kappa shape index (κ2) is 14.1. The fraction of sp³-hybridized carbons (Fsp3) is 0.548. The first kappa shape index (κ1) is 31.8. The van der Waals surface area contributed by atoms with Gasteiger partial charge in [-0.25, -0.2) is 0 Å². The molecule has 38 heavy (non-hydrogen) atoms. The zero-order chi connectivity index (χ0) is 28.4. The van der Waals surface area contributed by atoms with Gasteiger partial charge in [-0.1, -0.05) is 61.9 Å². The molecule has 2 aromatic carbocycles. The molecule has 0 saturated heterocycles. The lowest BCUT2D eigenvalue weighted by Crippen LogP contribution is -2.31. The Morgan fingerprint density at radius 3 is 1.34 bits per heavy atom. The smallest absolute Gasteiger partial charge is 0.193 e. The molecule has 2 aromatic rings. The summed E-state index contributed by atoms with van der Waals surface area (Å²) in [5, 5.41) is 29.5. The third kappa shape index (κ3) is 9.71. The molecule has 0 aromatic heterocycles. The van der Waals surface area contributed by atoms with E-state index in [-0.39, 0.29) is 23.6 Å². The molecule has 0 unspecified atom stereocenters. The molecule has 0 bridgehead atoms. The lowest BCUT2D eigenvalue weighted by molar-refractivity contribution is 0.0335. The van der Waals surface area contributed by atoms with Gasteiger partial charge in [-0.15, -0.1) is 0 Å². The van der Waals surface area contributed by atoms with E-state index in [1.54, 1.807) is 24.3 Å². The average Bonchev–Trinajstić information content (AvgIpc) is 2.87. The fourth-order valence-electron chi connectivity index (χ4n) is 4.31. The van der Waals surface area contributed by atoms with E-state index in [0.29, 0.717) is 44.0 Å². The minimum absolute atomic E-state index is 0.0965. The quantitative estimate of drug-likeness (QED) is 0.198. The van der Waals surface area contributed by atoms with Crippen LogP contribution in [0.25, 0.3) is 0 Å². The van der Waals surface area contributed by atoms with Crippen molar-refractivity contribution in [3.8, 4) is 0 Å². The number of carbonyl (C=O) groups is 2. The summed E-state index contributed by atoms with van der Waals surface area (Å²) < 4.78 is 11.8. The maximum Gasteiger partial charge on any atom is 0.193 e. The Kier molecular flexibility index (Phi) is 11.8. The molecule has 0 spiro atoms. The maximum atomic E-state index is 12.2. The van der Waals surface area contributed by atoms with Crippen LogP contribution < -0.4 is 0 Å². The highest BCUT2D eigenvalue weighted by atomic mass is 16.5. The number of rotatable bonds is 17. The van der Waals surface area contributed by atoms with E-state index in [2.05, 4.69) is 6.92 Å². The zero-order valence-corrected chi connectivity index (χ0v) is 23.5. The lowest BCUT2D eigenvalue weighted by Gasteiger charge is -2.32. The highest BCUT2D eigenvalue weighted by molar-refractivity contribution is 6.02. The van der Waals surface area contributed by atoms with Crippen molar-refractivity contribution in [2.24, 2.45) is 5.41 Å². The molecule has 0 atom stereocenters. The monoisotopic (exact) mass is 528 g/mol. The highest BCUT2D eigenvalue weighted by Crippen LogP contribution is 2.35. The Bertz CT molecular complexity index is 935. The minimum Gasteiger partial charge on any atom is -0.396 e. The maximum absolute atomic E-state index is 12.2. The van der Waals surface area contributed by atoms with Crippen LogP contribution in [0.15, 0.2) is 48.5 Å². The van der Waals surface area contributed by atoms with Gasteiger partial charge in [0.1, 0.15) is 11.2 Å². The number of hydrogen-bond donors (Lipinski definition) is 3. The first-order valence-corrected chi connectivity index (χ1v) is 13.3. The predicted molar refractivity (Wildman–Crippen MR) is 147 cm³/mol. The summed E-state index contributed by atoms with van der Waals surface area (Å²) in [6, 6.07) is 14.2. The van der Waals surface area contributed by atoms with Gasteiger partial charge in [-0.05, 0) is 63.5 Å². The number of aliphatic hydroxyl groups is 3. The van der Waals surface area contributed by atoms with Crippen LogP contribution in [0.3, 0.4) is 0 Å². The number of hydrogen-bond acceptors (Lipinski definition) is 7. The molecule has 0 aliphatic rings. The van der Waals surface area contributed by atoms with Gasteiger partial charge in [0.25, 0.3) is 0 Å². The topological polar surface area (TPSA) is 113 Å². The molecule has 0 amide bonds. The normalized spacial score (nSPS) is 12.5. The number of aliphatic hydroxyl groups excluding tert-OH is 1. The third-order valence-corrected chi connectivity index (χ3v) is 7.03. The molecule has 7 heteroatoms. The van der Waals surface area contributed by atoms with E-state index in [9.17, 15) is 24.9 Å². The van der Waals surface area contributed by atoms with Crippen molar-refractivity contribution in [2.75, 3.05) is 19.8 Å². The Labute approximate surface area is 226 Å². The number of carbonyl (C=O) groups excluding carboxylic acids is 2. The highest BCUT2D eigenvalue weighted by Gasteiger charge is 2.28. The predicted octanol–water partition coefficient (Wildman–Crippen LogP) is 4.89. The first-order valence-electron chi connectivity index (χ1n) is 13.3. The second-order valence-electron chi connectivity index (χ2n) is 11.1. The molecule has 0 fully saturated rings. The van der Waals surface area contributed by atoms with Crippen molar-refractivity contribution in [3.05, 3.63) is 70.8 Å². The number of benzene rings is 2. The van der Waals surface area contributed by atoms with Gasteiger partial charge in [0.15, 0.2) is 11.6 Å². The van der Waals surface area contributed by atoms with Gasteiger partial charge < -0.3 is 24.8 Å². The SMILES string of the molecule is CCC(CCO)(CCOCc1ccc(C(=O)C(C)(C)O)cc1)CCOCc1ccc(C(=O)C(C)(C)O)cc1. The fourth-order valence-corrected chi connectivity index (χ4v) is 4.31. The molecule has 0 aliphatic heterocycles. The Morgan fingerprint density at radius 1 is 0.684 bits per heavy atom. The van der Waals surface area contributed by atoms with Gasteiger partial charge >= 0.3 is 0 Å². The largest absolute Gasteiger partial charge is 0.396 e. The van der Waals surface area contributed by atoms with Gasteiger partial charge in [-0.2, -0.15) is 0 Å². The van der Waals surface area contributed by atoms with Crippen molar-refractivity contribution in [3.63, 3.8) is 0 Å². The van der Waals surface area contributed by atoms with E-state index < -0.39 is 11.2 Å². The zero-order valence-electron chi connectivity index (χ0n) is 23.5. The molecule has 0 saturated carbocycles. The van der Waals surface area contributed by atoms with Crippen LogP contribution in [-0.2, 0) is 22.7 Å². The molecular weight excluding hydrogens is 484 g/mol. The molecule has 210 valence electrons. The molecule has 3 N–H and O–H groups in total. The van der Waals surface area contributed by atoms with E-state index in [4.69, 9.17) is 9.47 Å². The van der Waals surface area contributed by atoms with E-state index in [1.807, 2.05) is 24.3 Å². The summed E-state index contributed by atoms with van der Waals surface area (Å²) in [6.07, 6.45) is 3.13. The summed E-state index contributed by atoms with van der Waals surface area (Å²) in [5.74, 6) is -0.636. The van der Waals surface area contributed by atoms with Gasteiger partial charge in [0.05, 0.1) is 13.2 Å². The van der Waals surface area contributed by atoms with Crippen LogP contribution in [0.5, 0.6) is 0 Å². The van der Waals surface area contributed by atoms with E-state index in [0.717, 1.165) is 30.4 Å². The van der Waals surface area contributed by atoms with Gasteiger partial charge in [0, 0.05) is 30.9 Å². The summed E-state index contributed by atoms with van der Waals surface area (Å²) in [5.41, 5.74) is -0.0804. The second-order valence-corrected chi connectivity index (χ2v) is 11.1. The summed E-state index contributed by atoms with van der Waals surface area (Å²) in [4.78, 5) is 24.3. The Hall–Kier alpha value is -2.42. The van der Waals surface area contributed by atoms with Crippen LogP contribution in [-0.4, -0.2) is 57.9 Å². The van der Waals surface area contributed by atoms with Crippen LogP contribution in [0, 0.1) is 5.41 Å². The molecule has 7 nitrogen and oxygen atoms in total. The third-order valence-electron chi connectivity index (χ3n) is 7.03. The number of ether oxygens (including phenoxy) is 2. The van der Waals surface area contributed by atoms with Crippen molar-refractivity contribution in [1.82, 2.24) is 0 Å². The molecule has 0 radical (unpaired) electrons. The van der Waals surface area contributed by atoms with Crippen molar-refractivity contribution < 1.29 is 34.4 Å². The number of Topliss-reactive ketones (excluding diaryl/α,β-unsaturated/α-hetero) is 2. The molecule has 2 rings (SSSR count). The average molecular weight is 529 g/mol. The van der Waals surface area contributed by atoms with Crippen LogP contribution >= 0.6 is 0 Å². The minimum atomic E-state index is -1.40. The Morgan fingerprint density at radius 2 is 1.05 bits per heavy atom. The molecule has 0 heterocycles. The molecular formula is C31H44O7. The summed E-state index contributed by atoms with van der Waals surface area (Å²) >= 11 is 0. The molecule has 0 aliphatic carbocycles. The Balaban J connectivity index is 1.82. The van der Waals surface area contributed by atoms with Crippen molar-refractivity contribution >= 4 is 11.6 Å². The lowest BCUT2D eigenvalue weighted by atomic mass is 9.76. The van der Waals surface area contributed by atoms with Crippen molar-refractivity contribution in [2.45, 2.75) is 84.7 Å².